The zero-order valence-electron chi connectivity index (χ0n) is 15.7. The summed E-state index contributed by atoms with van der Waals surface area (Å²) in [5.74, 6) is 0.344. The maximum atomic E-state index is 12.1. The fourth-order valence-corrected chi connectivity index (χ4v) is 3.27. The van der Waals surface area contributed by atoms with Gasteiger partial charge in [-0.15, -0.1) is 0 Å². The van der Waals surface area contributed by atoms with Crippen LogP contribution in [0.4, 0.5) is 0 Å². The highest BCUT2D eigenvalue weighted by molar-refractivity contribution is 5.79. The van der Waals surface area contributed by atoms with E-state index in [1.54, 1.807) is 11.0 Å². The molecule has 2 rings (SSSR count). The van der Waals surface area contributed by atoms with E-state index in [9.17, 15) is 14.7 Å². The SMILES string of the molecule is O=C(O)CCCCCCN1C(=O)CC[C@@H]1C(O)=CCCOc1ccccc1. The Labute approximate surface area is 160 Å². The number of aliphatic carboxylic acids is 1. The minimum absolute atomic E-state index is 0.0750. The van der Waals surface area contributed by atoms with Crippen molar-refractivity contribution < 1.29 is 24.5 Å². The van der Waals surface area contributed by atoms with Crippen LogP contribution in [0.5, 0.6) is 5.75 Å². The Hall–Kier alpha value is -2.50. The van der Waals surface area contributed by atoms with Crippen LogP contribution in [0.1, 0.15) is 51.4 Å². The van der Waals surface area contributed by atoms with Gasteiger partial charge in [0, 0.05) is 25.8 Å². The first-order valence-electron chi connectivity index (χ1n) is 9.66. The summed E-state index contributed by atoms with van der Waals surface area (Å²) in [4.78, 5) is 24.3. The monoisotopic (exact) mass is 375 g/mol. The number of amides is 1. The number of rotatable bonds is 12. The molecule has 1 aliphatic rings. The fraction of sp³-hybridized carbons (Fsp3) is 0.524. The molecule has 0 radical (unpaired) electrons. The van der Waals surface area contributed by atoms with Gasteiger partial charge in [-0.1, -0.05) is 31.0 Å². The third-order valence-electron chi connectivity index (χ3n) is 4.69. The number of carboxylic acids is 1. The summed E-state index contributed by atoms with van der Waals surface area (Å²) >= 11 is 0. The van der Waals surface area contributed by atoms with Gasteiger partial charge in [-0.05, 0) is 37.5 Å². The Morgan fingerprint density at radius 3 is 2.63 bits per heavy atom. The summed E-state index contributed by atoms with van der Waals surface area (Å²) in [5, 5.41) is 19.0. The quantitative estimate of drug-likeness (QED) is 0.427. The normalized spacial score (nSPS) is 17.3. The molecule has 1 aromatic carbocycles. The van der Waals surface area contributed by atoms with Gasteiger partial charge in [-0.2, -0.15) is 0 Å². The molecule has 1 amide bonds. The van der Waals surface area contributed by atoms with Gasteiger partial charge < -0.3 is 19.8 Å². The van der Waals surface area contributed by atoms with Crippen LogP contribution >= 0.6 is 0 Å². The fourth-order valence-electron chi connectivity index (χ4n) is 3.27. The molecule has 0 aliphatic carbocycles. The first-order valence-corrected chi connectivity index (χ1v) is 9.66. The number of unbranched alkanes of at least 4 members (excludes halogenated alkanes) is 3. The molecule has 1 aliphatic heterocycles. The number of carboxylic acid groups (broad SMARTS) is 1. The molecular weight excluding hydrogens is 346 g/mol. The van der Waals surface area contributed by atoms with Gasteiger partial charge in [0.1, 0.15) is 11.5 Å². The van der Waals surface area contributed by atoms with E-state index in [-0.39, 0.29) is 24.1 Å². The Balaban J connectivity index is 1.71. The van der Waals surface area contributed by atoms with Gasteiger partial charge in [-0.25, -0.2) is 0 Å². The number of hydrogen-bond acceptors (Lipinski definition) is 4. The van der Waals surface area contributed by atoms with E-state index in [2.05, 4.69) is 0 Å². The van der Waals surface area contributed by atoms with Crippen LogP contribution in [0.25, 0.3) is 0 Å². The molecule has 1 aromatic rings. The van der Waals surface area contributed by atoms with E-state index in [0.717, 1.165) is 25.0 Å². The molecule has 0 bridgehead atoms. The molecular formula is C21H29NO5. The first kappa shape index (κ1) is 20.8. The summed E-state index contributed by atoms with van der Waals surface area (Å²) < 4.78 is 5.61. The summed E-state index contributed by atoms with van der Waals surface area (Å²) in [5.41, 5.74) is 0. The van der Waals surface area contributed by atoms with Gasteiger partial charge in [0.25, 0.3) is 0 Å². The van der Waals surface area contributed by atoms with Crippen molar-refractivity contribution in [3.63, 3.8) is 0 Å². The van der Waals surface area contributed by atoms with Gasteiger partial charge >= 0.3 is 5.97 Å². The number of aliphatic hydroxyl groups excluding tert-OH is 1. The van der Waals surface area contributed by atoms with Crippen LogP contribution in [0.15, 0.2) is 42.2 Å². The number of benzene rings is 1. The average Bonchev–Trinajstić information content (AvgIpc) is 3.03. The number of likely N-dealkylation sites (tertiary alicyclic amines) is 1. The minimum Gasteiger partial charge on any atom is -0.510 e. The highest BCUT2D eigenvalue weighted by Gasteiger charge is 2.32. The lowest BCUT2D eigenvalue weighted by molar-refractivity contribution is -0.137. The van der Waals surface area contributed by atoms with Crippen molar-refractivity contribution >= 4 is 11.9 Å². The second kappa shape index (κ2) is 11.3. The van der Waals surface area contributed by atoms with Crippen LogP contribution in [0.3, 0.4) is 0 Å². The van der Waals surface area contributed by atoms with Crippen molar-refractivity contribution in [1.82, 2.24) is 4.90 Å². The zero-order chi connectivity index (χ0) is 19.5. The topological polar surface area (TPSA) is 87.1 Å². The smallest absolute Gasteiger partial charge is 0.303 e. The highest BCUT2D eigenvalue weighted by atomic mass is 16.5. The summed E-state index contributed by atoms with van der Waals surface area (Å²) in [7, 11) is 0. The maximum Gasteiger partial charge on any atom is 0.303 e. The molecule has 0 saturated carbocycles. The number of carbonyl (C=O) groups excluding carboxylic acids is 1. The van der Waals surface area contributed by atoms with Gasteiger partial charge in [0.2, 0.25) is 5.91 Å². The van der Waals surface area contributed by atoms with E-state index in [0.29, 0.717) is 38.8 Å². The van der Waals surface area contributed by atoms with Gasteiger partial charge in [0.05, 0.1) is 12.6 Å². The largest absolute Gasteiger partial charge is 0.510 e. The molecule has 6 heteroatoms. The van der Waals surface area contributed by atoms with Crippen LogP contribution in [-0.4, -0.2) is 46.2 Å². The van der Waals surface area contributed by atoms with Crippen LogP contribution in [0, 0.1) is 0 Å². The van der Waals surface area contributed by atoms with Crippen molar-refractivity contribution in [1.29, 1.82) is 0 Å². The van der Waals surface area contributed by atoms with Gasteiger partial charge in [-0.3, -0.25) is 9.59 Å². The average molecular weight is 375 g/mol. The predicted octanol–water partition coefficient (Wildman–Crippen LogP) is 3.92. The number of hydrogen-bond donors (Lipinski definition) is 2. The second-order valence-electron chi connectivity index (χ2n) is 6.78. The van der Waals surface area contributed by atoms with Crippen molar-refractivity contribution in [2.45, 2.75) is 57.4 Å². The second-order valence-corrected chi connectivity index (χ2v) is 6.78. The predicted molar refractivity (Wildman–Crippen MR) is 103 cm³/mol. The van der Waals surface area contributed by atoms with Crippen LogP contribution in [0.2, 0.25) is 0 Å². The number of nitrogens with zero attached hydrogens (tertiary/aromatic N) is 1. The number of aliphatic hydroxyl groups is 1. The highest BCUT2D eigenvalue weighted by Crippen LogP contribution is 2.24. The van der Waals surface area contributed by atoms with Crippen molar-refractivity contribution in [2.24, 2.45) is 0 Å². The van der Waals surface area contributed by atoms with Crippen LogP contribution < -0.4 is 4.74 Å². The number of carbonyl (C=O) groups is 2. The first-order chi connectivity index (χ1) is 13.1. The van der Waals surface area contributed by atoms with Crippen molar-refractivity contribution in [3.8, 4) is 5.75 Å². The number of ether oxygens (including phenoxy) is 1. The molecule has 27 heavy (non-hydrogen) atoms. The molecule has 1 saturated heterocycles. The van der Waals surface area contributed by atoms with Crippen molar-refractivity contribution in [3.05, 3.63) is 42.2 Å². The van der Waals surface area contributed by atoms with E-state index in [4.69, 9.17) is 9.84 Å². The Morgan fingerprint density at radius 2 is 1.89 bits per heavy atom. The van der Waals surface area contributed by atoms with Crippen LogP contribution in [-0.2, 0) is 9.59 Å². The van der Waals surface area contributed by atoms with Crippen molar-refractivity contribution in [2.75, 3.05) is 13.2 Å². The molecule has 148 valence electrons. The lowest BCUT2D eigenvalue weighted by Gasteiger charge is -2.24. The standard InChI is InChI=1S/C21H29NO5/c23-19(11-8-16-27-17-9-4-3-5-10-17)18-13-14-20(24)22(18)15-7-2-1-6-12-21(25)26/h3-5,9-11,18,23H,1-2,6-8,12-16H2,(H,25,26)/t18-/m1/s1. The summed E-state index contributed by atoms with van der Waals surface area (Å²) in [6.07, 6.45) is 6.84. The third kappa shape index (κ3) is 7.33. The molecule has 0 spiro atoms. The zero-order valence-corrected chi connectivity index (χ0v) is 15.7. The molecule has 0 aromatic heterocycles. The Morgan fingerprint density at radius 1 is 1.15 bits per heavy atom. The lowest BCUT2D eigenvalue weighted by Crippen LogP contribution is -2.35. The molecule has 6 nitrogen and oxygen atoms in total. The maximum absolute atomic E-state index is 12.1. The van der Waals surface area contributed by atoms with Gasteiger partial charge in [0.15, 0.2) is 0 Å². The molecule has 2 N–H and O–H groups in total. The molecule has 1 heterocycles. The van der Waals surface area contributed by atoms with E-state index in [1.807, 2.05) is 30.3 Å². The number of para-hydroxylation sites is 1. The Bertz CT molecular complexity index is 629. The van der Waals surface area contributed by atoms with E-state index in [1.165, 1.54) is 0 Å². The summed E-state index contributed by atoms with van der Waals surface area (Å²) in [6.45, 7) is 1.08. The Kier molecular flexibility index (Phi) is 8.68. The molecule has 1 atom stereocenters. The summed E-state index contributed by atoms with van der Waals surface area (Å²) in [6, 6.07) is 9.28. The molecule has 1 fully saturated rings. The van der Waals surface area contributed by atoms with E-state index >= 15 is 0 Å². The third-order valence-corrected chi connectivity index (χ3v) is 4.69. The lowest BCUT2D eigenvalue weighted by atomic mass is 10.1. The minimum atomic E-state index is -0.768. The molecule has 0 unspecified atom stereocenters. The van der Waals surface area contributed by atoms with E-state index < -0.39 is 5.97 Å².